The summed E-state index contributed by atoms with van der Waals surface area (Å²) in [5, 5.41) is 4.97. The fourth-order valence-corrected chi connectivity index (χ4v) is 2.74. The molecule has 1 aromatic carbocycles. The predicted octanol–water partition coefficient (Wildman–Crippen LogP) is 2.73. The highest BCUT2D eigenvalue weighted by atomic mass is 32.2. The second kappa shape index (κ2) is 8.90. The van der Waals surface area contributed by atoms with Crippen molar-refractivity contribution in [1.82, 2.24) is 9.97 Å². The van der Waals surface area contributed by atoms with Crippen LogP contribution in [0, 0.1) is 18.2 Å². The van der Waals surface area contributed by atoms with Gasteiger partial charge in [-0.1, -0.05) is 17.7 Å². The molecule has 0 spiro atoms. The fraction of sp³-hybridized carbons (Fsp3) is 0.0526. The number of furan rings is 1. The summed E-state index contributed by atoms with van der Waals surface area (Å²) in [6.45, 7) is 0. The van der Waals surface area contributed by atoms with E-state index in [1.54, 1.807) is 0 Å². The normalized spacial score (nSPS) is 10.2. The third-order valence-corrected chi connectivity index (χ3v) is 4.29. The monoisotopic (exact) mass is 412 g/mol. The molecule has 2 amide bonds. The van der Waals surface area contributed by atoms with Crippen LogP contribution in [0.3, 0.4) is 0 Å². The number of hydrogen-bond acceptors (Lipinski definition) is 6. The molecule has 2 aromatic heterocycles. The average Bonchev–Trinajstić information content (AvgIpc) is 3.24. The van der Waals surface area contributed by atoms with Crippen LogP contribution in [0.15, 0.2) is 57.0 Å². The summed E-state index contributed by atoms with van der Waals surface area (Å²) in [4.78, 5) is 43.9. The highest BCUT2D eigenvalue weighted by molar-refractivity contribution is 7.99. The Hall–Kier alpha value is -3.84. The molecule has 0 aliphatic heterocycles. The zero-order valence-electron chi connectivity index (χ0n) is 14.7. The van der Waals surface area contributed by atoms with E-state index in [4.69, 9.17) is 10.8 Å². The molecule has 29 heavy (non-hydrogen) atoms. The molecular formula is C19H13FN4O4S. The van der Waals surface area contributed by atoms with Gasteiger partial charge in [0.05, 0.1) is 12.0 Å². The lowest BCUT2D eigenvalue weighted by atomic mass is 10.2. The predicted molar refractivity (Wildman–Crippen MR) is 105 cm³/mol. The zero-order chi connectivity index (χ0) is 20.8. The number of H-pyrrole nitrogens is 1. The Morgan fingerprint density at radius 1 is 1.21 bits per heavy atom. The first-order valence-electron chi connectivity index (χ1n) is 8.10. The standard InChI is InChI=1S/C19H13FN4O4S/c1-2-10-29-19-23-15(22-17(26)13-4-3-9-28-13)14(18(27)24-19)21-16(25)11-5-7-12(20)8-6-11/h1,3-9H,10H2,(H,21,25)(H2,22,23,24,26,27). The highest BCUT2D eigenvalue weighted by Crippen LogP contribution is 2.20. The van der Waals surface area contributed by atoms with Gasteiger partial charge in [-0.3, -0.25) is 19.4 Å². The summed E-state index contributed by atoms with van der Waals surface area (Å²) in [5.41, 5.74) is -0.881. The molecule has 0 aliphatic rings. The third-order valence-electron chi connectivity index (χ3n) is 3.51. The number of benzene rings is 1. The van der Waals surface area contributed by atoms with Gasteiger partial charge in [0.1, 0.15) is 5.82 Å². The van der Waals surface area contributed by atoms with E-state index in [0.717, 1.165) is 23.9 Å². The second-order valence-electron chi connectivity index (χ2n) is 5.48. The number of terminal acetylenes is 1. The van der Waals surface area contributed by atoms with Crippen molar-refractivity contribution >= 4 is 35.1 Å². The molecule has 0 fully saturated rings. The Bertz CT molecular complexity index is 1130. The Morgan fingerprint density at radius 3 is 2.62 bits per heavy atom. The van der Waals surface area contributed by atoms with Crippen molar-refractivity contribution in [2.45, 2.75) is 5.16 Å². The largest absolute Gasteiger partial charge is 0.459 e. The van der Waals surface area contributed by atoms with Gasteiger partial charge in [0.15, 0.2) is 22.4 Å². The van der Waals surface area contributed by atoms with Crippen molar-refractivity contribution in [2.24, 2.45) is 0 Å². The summed E-state index contributed by atoms with van der Waals surface area (Å²) >= 11 is 1.07. The Balaban J connectivity index is 1.94. The Morgan fingerprint density at radius 2 is 1.97 bits per heavy atom. The van der Waals surface area contributed by atoms with Crippen LogP contribution in [0.5, 0.6) is 0 Å². The van der Waals surface area contributed by atoms with Gasteiger partial charge in [0.2, 0.25) is 0 Å². The van der Waals surface area contributed by atoms with Gasteiger partial charge in [-0.15, -0.1) is 6.42 Å². The number of aromatic amines is 1. The first kappa shape index (κ1) is 19.9. The average molecular weight is 412 g/mol. The highest BCUT2D eigenvalue weighted by Gasteiger charge is 2.19. The van der Waals surface area contributed by atoms with E-state index < -0.39 is 23.2 Å². The van der Waals surface area contributed by atoms with E-state index in [2.05, 4.69) is 26.5 Å². The van der Waals surface area contributed by atoms with Gasteiger partial charge in [0, 0.05) is 5.56 Å². The number of anilines is 2. The van der Waals surface area contributed by atoms with E-state index in [1.807, 2.05) is 0 Å². The van der Waals surface area contributed by atoms with Gasteiger partial charge >= 0.3 is 0 Å². The molecule has 3 N–H and O–H groups in total. The first-order chi connectivity index (χ1) is 14.0. The topological polar surface area (TPSA) is 117 Å². The molecule has 2 heterocycles. The maximum absolute atomic E-state index is 13.1. The number of amides is 2. The fourth-order valence-electron chi connectivity index (χ4n) is 2.20. The lowest BCUT2D eigenvalue weighted by Gasteiger charge is -2.11. The van der Waals surface area contributed by atoms with E-state index in [1.165, 1.54) is 30.5 Å². The molecule has 0 radical (unpaired) electrons. The Kier molecular flexibility index (Phi) is 6.11. The molecule has 0 atom stereocenters. The van der Waals surface area contributed by atoms with E-state index in [0.29, 0.717) is 0 Å². The molecule has 8 nitrogen and oxygen atoms in total. The number of aromatic nitrogens is 2. The minimum atomic E-state index is -0.704. The number of rotatable bonds is 6. The molecule has 0 bridgehead atoms. The smallest absolute Gasteiger partial charge is 0.292 e. The number of halogens is 1. The van der Waals surface area contributed by atoms with Gasteiger partial charge in [-0.05, 0) is 36.4 Å². The number of carbonyl (C=O) groups is 2. The van der Waals surface area contributed by atoms with Crippen LogP contribution in [-0.4, -0.2) is 27.5 Å². The summed E-state index contributed by atoms with van der Waals surface area (Å²) < 4.78 is 18.1. The quantitative estimate of drug-likeness (QED) is 0.326. The maximum atomic E-state index is 13.1. The minimum absolute atomic E-state index is 0.0132. The van der Waals surface area contributed by atoms with Crippen LogP contribution >= 0.6 is 11.8 Å². The molecule has 0 saturated heterocycles. The minimum Gasteiger partial charge on any atom is -0.459 e. The van der Waals surface area contributed by atoms with E-state index in [-0.39, 0.29) is 33.7 Å². The van der Waals surface area contributed by atoms with Gasteiger partial charge in [-0.25, -0.2) is 9.37 Å². The maximum Gasteiger partial charge on any atom is 0.292 e. The van der Waals surface area contributed by atoms with Crippen molar-refractivity contribution in [1.29, 1.82) is 0 Å². The number of hydrogen-bond donors (Lipinski definition) is 3. The van der Waals surface area contributed by atoms with E-state index >= 15 is 0 Å². The molecule has 0 unspecified atom stereocenters. The molecular weight excluding hydrogens is 399 g/mol. The summed E-state index contributed by atoms with van der Waals surface area (Å²) in [6.07, 6.45) is 6.52. The van der Waals surface area contributed by atoms with Crippen molar-refractivity contribution in [2.75, 3.05) is 16.4 Å². The number of nitrogens with zero attached hydrogens (tertiary/aromatic N) is 1. The first-order valence-corrected chi connectivity index (χ1v) is 9.09. The molecule has 3 rings (SSSR count). The number of thioether (sulfide) groups is 1. The molecule has 10 heteroatoms. The summed E-state index contributed by atoms with van der Waals surface area (Å²) in [7, 11) is 0. The van der Waals surface area contributed by atoms with Crippen LogP contribution in [0.1, 0.15) is 20.9 Å². The lowest BCUT2D eigenvalue weighted by molar-refractivity contribution is 0.0992. The molecule has 0 saturated carbocycles. The third kappa shape index (κ3) is 4.91. The molecule has 3 aromatic rings. The molecule has 146 valence electrons. The van der Waals surface area contributed by atoms with Crippen LogP contribution in [0.4, 0.5) is 15.9 Å². The number of carbonyl (C=O) groups excluding carboxylic acids is 2. The SMILES string of the molecule is C#CCSc1nc(NC(=O)c2ccco2)c(NC(=O)c2ccc(F)cc2)c(=O)[nH]1. The van der Waals surface area contributed by atoms with Crippen LogP contribution < -0.4 is 16.2 Å². The van der Waals surface area contributed by atoms with Crippen molar-refractivity contribution < 1.29 is 18.4 Å². The van der Waals surface area contributed by atoms with Crippen LogP contribution in [0.25, 0.3) is 0 Å². The number of nitrogens with one attached hydrogen (secondary N) is 3. The van der Waals surface area contributed by atoms with Crippen molar-refractivity contribution in [3.05, 3.63) is 70.2 Å². The lowest BCUT2D eigenvalue weighted by Crippen LogP contribution is -2.25. The van der Waals surface area contributed by atoms with Gasteiger partial charge in [0.25, 0.3) is 17.4 Å². The van der Waals surface area contributed by atoms with Crippen LogP contribution in [0.2, 0.25) is 0 Å². The van der Waals surface area contributed by atoms with Gasteiger partial charge < -0.3 is 15.1 Å². The van der Waals surface area contributed by atoms with Crippen LogP contribution in [-0.2, 0) is 0 Å². The summed E-state index contributed by atoms with van der Waals surface area (Å²) in [6, 6.07) is 7.67. The van der Waals surface area contributed by atoms with E-state index in [9.17, 15) is 18.8 Å². The van der Waals surface area contributed by atoms with Crippen molar-refractivity contribution in [3.63, 3.8) is 0 Å². The summed E-state index contributed by atoms with van der Waals surface area (Å²) in [5.74, 6) is 0.553. The molecule has 0 aliphatic carbocycles. The zero-order valence-corrected chi connectivity index (χ0v) is 15.5. The Labute approximate surface area is 167 Å². The second-order valence-corrected chi connectivity index (χ2v) is 6.44. The van der Waals surface area contributed by atoms with Gasteiger partial charge in [-0.2, -0.15) is 0 Å². The van der Waals surface area contributed by atoms with Crippen molar-refractivity contribution in [3.8, 4) is 12.3 Å².